The molecule has 0 aromatic carbocycles. The molecule has 6 heteroatoms. The number of aliphatic carboxylic acids is 1. The maximum atomic E-state index is 12.0. The van der Waals surface area contributed by atoms with Crippen LogP contribution in [0, 0.1) is 17.2 Å². The first-order chi connectivity index (χ1) is 8.92. The van der Waals surface area contributed by atoms with E-state index in [1.807, 2.05) is 26.8 Å². The summed E-state index contributed by atoms with van der Waals surface area (Å²) >= 11 is 0. The summed E-state index contributed by atoms with van der Waals surface area (Å²) in [6.45, 7) is 6.62. The lowest BCUT2D eigenvalue weighted by molar-refractivity contribution is -0.139. The molecule has 0 radical (unpaired) electrons. The molecular weight excluding hydrogens is 246 g/mol. The lowest BCUT2D eigenvalue weighted by atomic mass is 10.1. The van der Waals surface area contributed by atoms with Gasteiger partial charge in [-0.05, 0) is 12.3 Å². The van der Waals surface area contributed by atoms with Crippen molar-refractivity contribution in [3.63, 3.8) is 0 Å². The highest BCUT2D eigenvalue weighted by Gasteiger charge is 2.22. The van der Waals surface area contributed by atoms with E-state index in [4.69, 9.17) is 10.4 Å². The molecule has 0 spiro atoms. The fourth-order valence-electron chi connectivity index (χ4n) is 1.69. The van der Waals surface area contributed by atoms with Gasteiger partial charge in [-0.3, -0.25) is 0 Å². The number of hydrogen-bond acceptors (Lipinski definition) is 3. The normalized spacial score (nSPS) is 11.7. The Morgan fingerprint density at radius 1 is 1.42 bits per heavy atom. The number of carboxylic acids is 1. The first-order valence-electron chi connectivity index (χ1n) is 6.57. The van der Waals surface area contributed by atoms with Gasteiger partial charge in [-0.1, -0.05) is 27.2 Å². The van der Waals surface area contributed by atoms with Gasteiger partial charge in [0.1, 0.15) is 6.04 Å². The van der Waals surface area contributed by atoms with Crippen molar-refractivity contribution in [3.8, 4) is 6.07 Å². The Morgan fingerprint density at radius 2 is 2.05 bits per heavy atom. The van der Waals surface area contributed by atoms with E-state index in [1.54, 1.807) is 0 Å². The molecule has 108 valence electrons. The Labute approximate surface area is 114 Å². The van der Waals surface area contributed by atoms with Crippen molar-refractivity contribution in [1.82, 2.24) is 10.2 Å². The predicted molar refractivity (Wildman–Crippen MR) is 71.5 cm³/mol. The molecule has 0 aromatic rings. The quantitative estimate of drug-likeness (QED) is 0.702. The van der Waals surface area contributed by atoms with Crippen LogP contribution in [0.5, 0.6) is 0 Å². The van der Waals surface area contributed by atoms with Crippen molar-refractivity contribution < 1.29 is 14.7 Å². The van der Waals surface area contributed by atoms with Crippen LogP contribution in [0.1, 0.15) is 40.0 Å². The molecule has 0 unspecified atom stereocenters. The van der Waals surface area contributed by atoms with Crippen LogP contribution in [0.15, 0.2) is 0 Å². The third-order valence-corrected chi connectivity index (χ3v) is 2.54. The third kappa shape index (κ3) is 7.29. The predicted octanol–water partition coefficient (Wildman–Crippen LogP) is 1.82. The zero-order valence-electron chi connectivity index (χ0n) is 11.8. The van der Waals surface area contributed by atoms with Gasteiger partial charge in [0.25, 0.3) is 0 Å². The number of hydrogen-bond donors (Lipinski definition) is 2. The molecule has 0 bridgehead atoms. The lowest BCUT2D eigenvalue weighted by Crippen LogP contribution is -2.49. The van der Waals surface area contributed by atoms with Crippen molar-refractivity contribution in [2.45, 2.75) is 46.1 Å². The average Bonchev–Trinajstić information content (AvgIpc) is 2.33. The number of nitrogens with zero attached hydrogens (tertiary/aromatic N) is 2. The maximum absolute atomic E-state index is 12.0. The van der Waals surface area contributed by atoms with E-state index in [2.05, 4.69) is 5.32 Å². The maximum Gasteiger partial charge on any atom is 0.326 e. The monoisotopic (exact) mass is 269 g/mol. The van der Waals surface area contributed by atoms with Gasteiger partial charge in [0.2, 0.25) is 0 Å². The minimum atomic E-state index is -1.03. The van der Waals surface area contributed by atoms with Crippen molar-refractivity contribution in [3.05, 3.63) is 0 Å². The van der Waals surface area contributed by atoms with E-state index in [9.17, 15) is 9.59 Å². The van der Waals surface area contributed by atoms with E-state index in [1.165, 1.54) is 4.90 Å². The number of nitrogens with one attached hydrogen (secondary N) is 1. The highest BCUT2D eigenvalue weighted by atomic mass is 16.4. The number of carbonyl (C=O) groups excluding carboxylic acids is 1. The van der Waals surface area contributed by atoms with Crippen molar-refractivity contribution in [1.29, 1.82) is 5.26 Å². The summed E-state index contributed by atoms with van der Waals surface area (Å²) in [4.78, 5) is 24.5. The van der Waals surface area contributed by atoms with E-state index in [0.29, 0.717) is 25.9 Å². The molecule has 0 aliphatic carbocycles. The Balaban J connectivity index is 4.59. The molecule has 0 fully saturated rings. The van der Waals surface area contributed by atoms with Gasteiger partial charge in [-0.2, -0.15) is 5.26 Å². The average molecular weight is 269 g/mol. The first kappa shape index (κ1) is 17.2. The van der Waals surface area contributed by atoms with Gasteiger partial charge >= 0.3 is 12.0 Å². The fourth-order valence-corrected chi connectivity index (χ4v) is 1.69. The highest BCUT2D eigenvalue weighted by molar-refractivity contribution is 5.82. The van der Waals surface area contributed by atoms with E-state index < -0.39 is 18.0 Å². The standard InChI is InChI=1S/C13H23N3O3/c1-4-6-11(12(17)18)15-13(19)16(8-5-7-14)9-10(2)3/h10-11H,4-6,8-9H2,1-3H3,(H,15,19)(H,17,18)/t11-/m1/s1. The smallest absolute Gasteiger partial charge is 0.326 e. The molecule has 6 nitrogen and oxygen atoms in total. The van der Waals surface area contributed by atoms with Gasteiger partial charge in [0.15, 0.2) is 0 Å². The summed E-state index contributed by atoms with van der Waals surface area (Å²) in [6.07, 6.45) is 1.32. The number of urea groups is 1. The summed E-state index contributed by atoms with van der Waals surface area (Å²) in [5, 5.41) is 20.1. The lowest BCUT2D eigenvalue weighted by Gasteiger charge is -2.25. The van der Waals surface area contributed by atoms with Gasteiger partial charge in [0, 0.05) is 13.1 Å². The summed E-state index contributed by atoms with van der Waals surface area (Å²) < 4.78 is 0. The first-order valence-corrected chi connectivity index (χ1v) is 6.57. The Kier molecular flexibility index (Phi) is 8.34. The van der Waals surface area contributed by atoms with E-state index in [0.717, 1.165) is 0 Å². The Morgan fingerprint density at radius 3 is 2.47 bits per heavy atom. The van der Waals surface area contributed by atoms with E-state index >= 15 is 0 Å². The topological polar surface area (TPSA) is 93.4 Å². The zero-order valence-corrected chi connectivity index (χ0v) is 11.8. The minimum Gasteiger partial charge on any atom is -0.480 e. The highest BCUT2D eigenvalue weighted by Crippen LogP contribution is 2.03. The molecule has 0 heterocycles. The van der Waals surface area contributed by atoms with Crippen molar-refractivity contribution in [2.75, 3.05) is 13.1 Å². The van der Waals surface area contributed by atoms with Gasteiger partial charge < -0.3 is 15.3 Å². The van der Waals surface area contributed by atoms with Crippen molar-refractivity contribution >= 4 is 12.0 Å². The van der Waals surface area contributed by atoms with Crippen LogP contribution in [0.2, 0.25) is 0 Å². The largest absolute Gasteiger partial charge is 0.480 e. The molecule has 0 aromatic heterocycles. The molecule has 2 amide bonds. The molecule has 0 saturated heterocycles. The summed E-state index contributed by atoms with van der Waals surface area (Å²) in [7, 11) is 0. The SMILES string of the molecule is CCC[C@@H](NC(=O)N(CCC#N)CC(C)C)C(=O)O. The molecule has 0 saturated carbocycles. The molecule has 1 atom stereocenters. The van der Waals surface area contributed by atoms with Gasteiger partial charge in [0.05, 0.1) is 12.5 Å². The number of carbonyl (C=O) groups is 2. The van der Waals surface area contributed by atoms with E-state index in [-0.39, 0.29) is 12.3 Å². The minimum absolute atomic E-state index is 0.242. The number of amides is 2. The summed E-state index contributed by atoms with van der Waals surface area (Å²) in [5.41, 5.74) is 0. The number of rotatable bonds is 8. The van der Waals surface area contributed by atoms with Crippen LogP contribution in [0.4, 0.5) is 4.79 Å². The number of carboxylic acid groups (broad SMARTS) is 1. The Bertz CT molecular complexity index is 337. The van der Waals surface area contributed by atoms with Crippen LogP contribution in [-0.2, 0) is 4.79 Å². The molecule has 0 aliphatic rings. The fraction of sp³-hybridized carbons (Fsp3) is 0.769. The van der Waals surface area contributed by atoms with Gasteiger partial charge in [-0.15, -0.1) is 0 Å². The molecule has 0 rings (SSSR count). The second kappa shape index (κ2) is 9.20. The second-order valence-electron chi connectivity index (χ2n) is 4.88. The zero-order chi connectivity index (χ0) is 14.8. The molecule has 19 heavy (non-hydrogen) atoms. The molecule has 0 aliphatic heterocycles. The summed E-state index contributed by atoms with van der Waals surface area (Å²) in [5.74, 6) is -0.765. The van der Waals surface area contributed by atoms with Crippen LogP contribution < -0.4 is 5.32 Å². The molecule has 2 N–H and O–H groups in total. The Hall–Kier alpha value is -1.77. The third-order valence-electron chi connectivity index (χ3n) is 2.54. The van der Waals surface area contributed by atoms with Crippen LogP contribution in [-0.4, -0.2) is 41.1 Å². The van der Waals surface area contributed by atoms with Crippen LogP contribution in [0.25, 0.3) is 0 Å². The van der Waals surface area contributed by atoms with Gasteiger partial charge in [-0.25, -0.2) is 9.59 Å². The van der Waals surface area contributed by atoms with Crippen LogP contribution in [0.3, 0.4) is 0 Å². The molecular formula is C13H23N3O3. The van der Waals surface area contributed by atoms with Crippen molar-refractivity contribution in [2.24, 2.45) is 5.92 Å². The number of nitriles is 1. The summed E-state index contributed by atoms with van der Waals surface area (Å²) in [6, 6.07) is 0.711. The van der Waals surface area contributed by atoms with Crippen LogP contribution >= 0.6 is 0 Å². The second-order valence-corrected chi connectivity index (χ2v) is 4.88.